The van der Waals surface area contributed by atoms with Crippen LogP contribution in [0.3, 0.4) is 0 Å². The van der Waals surface area contributed by atoms with Gasteiger partial charge < -0.3 is 9.47 Å². The van der Waals surface area contributed by atoms with Gasteiger partial charge in [-0.3, -0.25) is 0 Å². The Morgan fingerprint density at radius 3 is 2.29 bits per heavy atom. The maximum absolute atomic E-state index is 12.8. The average molecular weight is 248 g/mol. The Hall–Kier alpha value is -1.56. The van der Waals surface area contributed by atoms with Gasteiger partial charge in [-0.05, 0) is 19.1 Å². The van der Waals surface area contributed by atoms with Crippen LogP contribution in [0.1, 0.15) is 17.3 Å². The van der Waals surface area contributed by atoms with E-state index in [1.807, 2.05) is 0 Å². The van der Waals surface area contributed by atoms with Crippen LogP contribution in [0.2, 0.25) is 0 Å². The quantitative estimate of drug-likeness (QED) is 0.455. The van der Waals surface area contributed by atoms with Gasteiger partial charge in [-0.1, -0.05) is 0 Å². The van der Waals surface area contributed by atoms with Gasteiger partial charge in [0.1, 0.15) is 6.61 Å². The van der Waals surface area contributed by atoms with Gasteiger partial charge in [0.05, 0.1) is 12.2 Å². The standard InChI is InChI=1S/C11H11F3O3/c1-2-16-3-4-17-11(15)7-5-8(12)10(14)9(13)6-7/h5-6H,2-4H2,1H3. The van der Waals surface area contributed by atoms with Gasteiger partial charge >= 0.3 is 5.97 Å². The van der Waals surface area contributed by atoms with Gasteiger partial charge in [0, 0.05) is 6.61 Å². The molecule has 0 saturated heterocycles. The van der Waals surface area contributed by atoms with Gasteiger partial charge in [0.25, 0.3) is 0 Å². The van der Waals surface area contributed by atoms with Gasteiger partial charge in [-0.25, -0.2) is 18.0 Å². The zero-order valence-corrected chi connectivity index (χ0v) is 9.13. The van der Waals surface area contributed by atoms with E-state index in [0.717, 1.165) is 0 Å². The number of esters is 1. The summed E-state index contributed by atoms with van der Waals surface area (Å²) in [5, 5.41) is 0. The molecule has 0 aliphatic carbocycles. The van der Waals surface area contributed by atoms with Crippen molar-refractivity contribution in [2.24, 2.45) is 0 Å². The number of ether oxygens (including phenoxy) is 2. The van der Waals surface area contributed by atoms with Crippen molar-refractivity contribution in [3.63, 3.8) is 0 Å². The number of rotatable bonds is 5. The zero-order chi connectivity index (χ0) is 12.8. The lowest BCUT2D eigenvalue weighted by Gasteiger charge is -2.05. The van der Waals surface area contributed by atoms with Crippen LogP contribution in [0.25, 0.3) is 0 Å². The number of halogens is 3. The Balaban J connectivity index is 2.63. The van der Waals surface area contributed by atoms with Gasteiger partial charge in [0.2, 0.25) is 0 Å². The molecule has 1 aromatic carbocycles. The number of benzene rings is 1. The summed E-state index contributed by atoms with van der Waals surface area (Å²) in [6, 6.07) is 1.17. The minimum absolute atomic E-state index is 0.0344. The second-order valence-electron chi connectivity index (χ2n) is 3.09. The summed E-state index contributed by atoms with van der Waals surface area (Å²) in [6.45, 7) is 2.39. The van der Waals surface area contributed by atoms with Crippen LogP contribution in [-0.2, 0) is 9.47 Å². The van der Waals surface area contributed by atoms with Crippen LogP contribution in [-0.4, -0.2) is 25.8 Å². The summed E-state index contributed by atoms with van der Waals surface area (Å²) in [7, 11) is 0. The Labute approximate surface area is 96.1 Å². The summed E-state index contributed by atoms with van der Waals surface area (Å²) in [5.41, 5.74) is -0.377. The fraction of sp³-hybridized carbons (Fsp3) is 0.364. The summed E-state index contributed by atoms with van der Waals surface area (Å²) < 4.78 is 47.8. The van der Waals surface area contributed by atoms with E-state index in [9.17, 15) is 18.0 Å². The Morgan fingerprint density at radius 1 is 1.18 bits per heavy atom. The topological polar surface area (TPSA) is 35.5 Å². The average Bonchev–Trinajstić information content (AvgIpc) is 2.30. The van der Waals surface area contributed by atoms with E-state index in [1.54, 1.807) is 6.92 Å². The monoisotopic (exact) mass is 248 g/mol. The van der Waals surface area contributed by atoms with E-state index in [1.165, 1.54) is 0 Å². The fourth-order valence-corrected chi connectivity index (χ4v) is 1.09. The smallest absolute Gasteiger partial charge is 0.338 e. The van der Waals surface area contributed by atoms with E-state index in [0.29, 0.717) is 18.7 Å². The molecule has 94 valence electrons. The van der Waals surface area contributed by atoms with Crippen molar-refractivity contribution in [3.8, 4) is 0 Å². The van der Waals surface area contributed by atoms with Crippen LogP contribution in [0.4, 0.5) is 13.2 Å². The lowest BCUT2D eigenvalue weighted by atomic mass is 10.2. The molecule has 1 rings (SSSR count). The van der Waals surface area contributed by atoms with Crippen molar-refractivity contribution in [1.29, 1.82) is 0 Å². The van der Waals surface area contributed by atoms with Gasteiger partial charge in [0.15, 0.2) is 17.5 Å². The molecule has 0 unspecified atom stereocenters. The molecular formula is C11H11F3O3. The molecule has 0 saturated carbocycles. The zero-order valence-electron chi connectivity index (χ0n) is 9.13. The third-order valence-corrected chi connectivity index (χ3v) is 1.88. The molecule has 0 spiro atoms. The highest BCUT2D eigenvalue weighted by atomic mass is 19.2. The number of hydrogen-bond acceptors (Lipinski definition) is 3. The highest BCUT2D eigenvalue weighted by Gasteiger charge is 2.15. The molecule has 1 aromatic rings. The van der Waals surface area contributed by atoms with Gasteiger partial charge in [-0.15, -0.1) is 0 Å². The molecule has 0 amide bonds. The summed E-state index contributed by atoms with van der Waals surface area (Å²) in [6.07, 6.45) is 0. The SMILES string of the molecule is CCOCCOC(=O)c1cc(F)c(F)c(F)c1. The number of carbonyl (C=O) groups excluding carboxylic acids is 1. The second-order valence-corrected chi connectivity index (χ2v) is 3.09. The minimum atomic E-state index is -1.61. The minimum Gasteiger partial charge on any atom is -0.460 e. The normalized spacial score (nSPS) is 10.4. The van der Waals surface area contributed by atoms with E-state index in [2.05, 4.69) is 4.74 Å². The Bertz CT molecular complexity index is 384. The molecule has 0 N–H and O–H groups in total. The van der Waals surface area contributed by atoms with Crippen molar-refractivity contribution in [3.05, 3.63) is 35.1 Å². The van der Waals surface area contributed by atoms with Crippen molar-refractivity contribution in [1.82, 2.24) is 0 Å². The molecule has 0 bridgehead atoms. The molecule has 0 aromatic heterocycles. The fourth-order valence-electron chi connectivity index (χ4n) is 1.09. The largest absolute Gasteiger partial charge is 0.460 e. The highest BCUT2D eigenvalue weighted by Crippen LogP contribution is 2.14. The third kappa shape index (κ3) is 3.74. The van der Waals surface area contributed by atoms with Crippen LogP contribution >= 0.6 is 0 Å². The van der Waals surface area contributed by atoms with Crippen molar-refractivity contribution < 1.29 is 27.4 Å². The summed E-state index contributed by atoms with van der Waals surface area (Å²) in [5.74, 6) is -5.40. The Kier molecular flexibility index (Phi) is 4.96. The molecular weight excluding hydrogens is 237 g/mol. The first-order valence-electron chi connectivity index (χ1n) is 4.95. The molecule has 0 radical (unpaired) electrons. The lowest BCUT2D eigenvalue weighted by molar-refractivity contribution is 0.0334. The second kappa shape index (κ2) is 6.24. The molecule has 0 atom stereocenters. The van der Waals surface area contributed by atoms with E-state index in [-0.39, 0.29) is 18.8 Å². The molecule has 0 fully saturated rings. The van der Waals surface area contributed by atoms with Crippen LogP contribution < -0.4 is 0 Å². The maximum Gasteiger partial charge on any atom is 0.338 e. The van der Waals surface area contributed by atoms with Crippen molar-refractivity contribution in [2.75, 3.05) is 19.8 Å². The van der Waals surface area contributed by atoms with Gasteiger partial charge in [-0.2, -0.15) is 0 Å². The van der Waals surface area contributed by atoms with Crippen molar-refractivity contribution in [2.45, 2.75) is 6.92 Å². The summed E-state index contributed by atoms with van der Waals surface area (Å²) >= 11 is 0. The van der Waals surface area contributed by atoms with Crippen LogP contribution in [0, 0.1) is 17.5 Å². The van der Waals surface area contributed by atoms with Crippen LogP contribution in [0.5, 0.6) is 0 Å². The molecule has 6 heteroatoms. The van der Waals surface area contributed by atoms with E-state index in [4.69, 9.17) is 4.74 Å². The molecule has 0 heterocycles. The first-order chi connectivity index (χ1) is 8.06. The number of carbonyl (C=O) groups is 1. The van der Waals surface area contributed by atoms with E-state index < -0.39 is 23.4 Å². The molecule has 0 aliphatic rings. The maximum atomic E-state index is 12.8. The first-order valence-corrected chi connectivity index (χ1v) is 4.95. The highest BCUT2D eigenvalue weighted by molar-refractivity contribution is 5.89. The molecule has 0 aliphatic heterocycles. The lowest BCUT2D eigenvalue weighted by Crippen LogP contribution is -2.12. The third-order valence-electron chi connectivity index (χ3n) is 1.88. The van der Waals surface area contributed by atoms with Crippen LogP contribution in [0.15, 0.2) is 12.1 Å². The first kappa shape index (κ1) is 13.5. The molecule has 17 heavy (non-hydrogen) atoms. The predicted molar refractivity (Wildman–Crippen MR) is 53.1 cm³/mol. The predicted octanol–water partition coefficient (Wildman–Crippen LogP) is 2.30. The van der Waals surface area contributed by atoms with E-state index >= 15 is 0 Å². The number of hydrogen-bond donors (Lipinski definition) is 0. The van der Waals surface area contributed by atoms with Crippen molar-refractivity contribution >= 4 is 5.97 Å². The molecule has 3 nitrogen and oxygen atoms in total. The summed E-state index contributed by atoms with van der Waals surface area (Å²) in [4.78, 5) is 11.3. The Morgan fingerprint density at radius 2 is 1.76 bits per heavy atom.